The van der Waals surface area contributed by atoms with E-state index < -0.39 is 4.92 Å². The zero-order valence-electron chi connectivity index (χ0n) is 10.5. The maximum Gasteiger partial charge on any atom is 0.287 e. The topological polar surface area (TPSA) is 85.3 Å². The Morgan fingerprint density at radius 2 is 2.06 bits per heavy atom. The van der Waals surface area contributed by atoms with E-state index in [2.05, 4.69) is 9.88 Å². The number of aromatic nitrogens is 1. The third-order valence-corrected chi connectivity index (χ3v) is 3.59. The van der Waals surface area contributed by atoms with Gasteiger partial charge in [-0.2, -0.15) is 0 Å². The number of hydrogen-bond donors (Lipinski definition) is 1. The van der Waals surface area contributed by atoms with E-state index in [0.29, 0.717) is 12.1 Å². The highest BCUT2D eigenvalue weighted by Gasteiger charge is 2.23. The van der Waals surface area contributed by atoms with Crippen LogP contribution in [0.1, 0.15) is 25.7 Å². The van der Waals surface area contributed by atoms with Crippen LogP contribution in [0.2, 0.25) is 0 Å². The van der Waals surface area contributed by atoms with Crippen molar-refractivity contribution in [3.05, 3.63) is 28.4 Å². The molecule has 1 aromatic rings. The summed E-state index contributed by atoms with van der Waals surface area (Å²) in [6.07, 6.45) is 5.47. The molecular weight excluding hydrogens is 232 g/mol. The molecule has 18 heavy (non-hydrogen) atoms. The lowest BCUT2D eigenvalue weighted by Gasteiger charge is -2.34. The van der Waals surface area contributed by atoms with Crippen LogP contribution in [0.3, 0.4) is 0 Å². The van der Waals surface area contributed by atoms with E-state index in [1.54, 1.807) is 6.07 Å². The molecule has 0 atom stereocenters. The highest BCUT2D eigenvalue weighted by molar-refractivity contribution is 5.43. The normalized spacial score (nSPS) is 23.7. The van der Waals surface area contributed by atoms with E-state index in [0.717, 1.165) is 31.5 Å². The number of nitrogens with two attached hydrogens (primary N) is 1. The monoisotopic (exact) mass is 250 g/mol. The van der Waals surface area contributed by atoms with Crippen molar-refractivity contribution in [2.45, 2.75) is 37.8 Å². The number of anilines is 1. The summed E-state index contributed by atoms with van der Waals surface area (Å²) in [7, 11) is 1.98. The predicted octanol–water partition coefficient (Wildman–Crippen LogP) is 1.70. The first-order valence-corrected chi connectivity index (χ1v) is 6.17. The summed E-state index contributed by atoms with van der Waals surface area (Å²) in [4.78, 5) is 16.4. The molecule has 0 radical (unpaired) electrons. The maximum absolute atomic E-state index is 10.6. The van der Waals surface area contributed by atoms with Gasteiger partial charge in [-0.15, -0.1) is 0 Å². The molecule has 6 heteroatoms. The van der Waals surface area contributed by atoms with Gasteiger partial charge in [0.1, 0.15) is 12.0 Å². The number of nitro groups is 1. The summed E-state index contributed by atoms with van der Waals surface area (Å²) >= 11 is 0. The number of rotatable bonds is 3. The molecule has 1 fully saturated rings. The van der Waals surface area contributed by atoms with Gasteiger partial charge >= 0.3 is 0 Å². The molecule has 1 heterocycles. The maximum atomic E-state index is 10.6. The number of hydrogen-bond acceptors (Lipinski definition) is 5. The van der Waals surface area contributed by atoms with Gasteiger partial charge in [0.05, 0.1) is 4.92 Å². The van der Waals surface area contributed by atoms with Crippen LogP contribution in [0.5, 0.6) is 0 Å². The molecule has 0 spiro atoms. The fraction of sp³-hybridized carbons (Fsp3) is 0.583. The molecule has 0 unspecified atom stereocenters. The van der Waals surface area contributed by atoms with Gasteiger partial charge in [-0.05, 0) is 31.7 Å². The van der Waals surface area contributed by atoms with Gasteiger partial charge in [-0.3, -0.25) is 10.1 Å². The fourth-order valence-corrected chi connectivity index (χ4v) is 2.37. The zero-order chi connectivity index (χ0) is 13.1. The summed E-state index contributed by atoms with van der Waals surface area (Å²) < 4.78 is 0. The molecule has 98 valence electrons. The van der Waals surface area contributed by atoms with Gasteiger partial charge in [0.15, 0.2) is 0 Å². The standard InChI is InChI=1S/C12H18N4O2/c1-15(10-4-2-9(13)3-5-10)12-7-6-11(8-14-12)16(17)18/h6-10H,2-5,13H2,1H3. The average Bonchev–Trinajstić information content (AvgIpc) is 2.39. The summed E-state index contributed by atoms with van der Waals surface area (Å²) in [5.41, 5.74) is 5.91. The van der Waals surface area contributed by atoms with Crippen LogP contribution in [-0.2, 0) is 0 Å². The fourth-order valence-electron chi connectivity index (χ4n) is 2.37. The van der Waals surface area contributed by atoms with Crippen molar-refractivity contribution in [3.8, 4) is 0 Å². The van der Waals surface area contributed by atoms with Crippen molar-refractivity contribution >= 4 is 11.5 Å². The van der Waals surface area contributed by atoms with E-state index in [9.17, 15) is 10.1 Å². The minimum atomic E-state index is -0.434. The van der Waals surface area contributed by atoms with Gasteiger partial charge < -0.3 is 10.6 Å². The Labute approximate surface area is 106 Å². The first kappa shape index (κ1) is 12.8. The Morgan fingerprint density at radius 1 is 1.39 bits per heavy atom. The molecule has 6 nitrogen and oxygen atoms in total. The smallest absolute Gasteiger partial charge is 0.287 e. The molecule has 0 amide bonds. The summed E-state index contributed by atoms with van der Waals surface area (Å²) in [6, 6.07) is 3.94. The molecular formula is C12H18N4O2. The number of pyridine rings is 1. The van der Waals surface area contributed by atoms with Crippen LogP contribution >= 0.6 is 0 Å². The Bertz CT molecular complexity index is 413. The van der Waals surface area contributed by atoms with Gasteiger partial charge in [-0.1, -0.05) is 0 Å². The Hall–Kier alpha value is -1.69. The molecule has 1 saturated carbocycles. The third-order valence-electron chi connectivity index (χ3n) is 3.59. The highest BCUT2D eigenvalue weighted by Crippen LogP contribution is 2.25. The molecule has 0 saturated heterocycles. The molecule has 2 N–H and O–H groups in total. The largest absolute Gasteiger partial charge is 0.357 e. The van der Waals surface area contributed by atoms with Crippen molar-refractivity contribution in [2.75, 3.05) is 11.9 Å². The van der Waals surface area contributed by atoms with Crippen molar-refractivity contribution in [2.24, 2.45) is 5.73 Å². The van der Waals surface area contributed by atoms with Crippen LogP contribution in [0.4, 0.5) is 11.5 Å². The lowest BCUT2D eigenvalue weighted by Crippen LogP contribution is -2.39. The molecule has 0 bridgehead atoms. The van der Waals surface area contributed by atoms with Gasteiger partial charge in [-0.25, -0.2) is 4.98 Å². The van der Waals surface area contributed by atoms with Crippen LogP contribution < -0.4 is 10.6 Å². The predicted molar refractivity (Wildman–Crippen MR) is 69.5 cm³/mol. The first-order chi connectivity index (χ1) is 8.58. The summed E-state index contributed by atoms with van der Waals surface area (Å²) in [6.45, 7) is 0. The minimum Gasteiger partial charge on any atom is -0.357 e. The molecule has 2 rings (SSSR count). The average molecular weight is 250 g/mol. The Morgan fingerprint density at radius 3 is 2.56 bits per heavy atom. The second-order valence-corrected chi connectivity index (χ2v) is 4.81. The van der Waals surface area contributed by atoms with Crippen molar-refractivity contribution < 1.29 is 4.92 Å². The van der Waals surface area contributed by atoms with Crippen molar-refractivity contribution in [1.29, 1.82) is 0 Å². The minimum absolute atomic E-state index is 0.0258. The lowest BCUT2D eigenvalue weighted by molar-refractivity contribution is -0.385. The van der Waals surface area contributed by atoms with E-state index >= 15 is 0 Å². The van der Waals surface area contributed by atoms with Crippen LogP contribution in [0, 0.1) is 10.1 Å². The summed E-state index contributed by atoms with van der Waals surface area (Å²) in [5.74, 6) is 0.779. The molecule has 0 aromatic carbocycles. The van der Waals surface area contributed by atoms with Crippen molar-refractivity contribution in [3.63, 3.8) is 0 Å². The molecule has 1 aliphatic carbocycles. The van der Waals surface area contributed by atoms with E-state index in [1.807, 2.05) is 7.05 Å². The zero-order valence-corrected chi connectivity index (χ0v) is 10.5. The second-order valence-electron chi connectivity index (χ2n) is 4.81. The van der Waals surface area contributed by atoms with E-state index in [4.69, 9.17) is 5.73 Å². The SMILES string of the molecule is CN(c1ccc([N+](=O)[O-])cn1)C1CCC(N)CC1. The Kier molecular flexibility index (Phi) is 3.76. The molecule has 1 aromatic heterocycles. The molecule has 0 aliphatic heterocycles. The van der Waals surface area contributed by atoms with Gasteiger partial charge in [0.25, 0.3) is 5.69 Å². The van der Waals surface area contributed by atoms with Crippen LogP contribution in [0.25, 0.3) is 0 Å². The summed E-state index contributed by atoms with van der Waals surface area (Å²) in [5, 5.41) is 10.6. The van der Waals surface area contributed by atoms with Gasteiger partial charge in [0.2, 0.25) is 0 Å². The van der Waals surface area contributed by atoms with Gasteiger partial charge in [0, 0.05) is 25.2 Å². The van der Waals surface area contributed by atoms with E-state index in [-0.39, 0.29) is 5.69 Å². The van der Waals surface area contributed by atoms with Crippen LogP contribution in [0.15, 0.2) is 18.3 Å². The third kappa shape index (κ3) is 2.76. The molecule has 1 aliphatic rings. The quantitative estimate of drug-likeness (QED) is 0.651. The first-order valence-electron chi connectivity index (χ1n) is 6.17. The van der Waals surface area contributed by atoms with E-state index in [1.165, 1.54) is 12.3 Å². The highest BCUT2D eigenvalue weighted by atomic mass is 16.6. The Balaban J connectivity index is 2.04. The number of nitrogens with zero attached hydrogens (tertiary/aromatic N) is 3. The van der Waals surface area contributed by atoms with Crippen molar-refractivity contribution in [1.82, 2.24) is 4.98 Å². The lowest BCUT2D eigenvalue weighted by atomic mass is 9.91. The second kappa shape index (κ2) is 5.30. The van der Waals surface area contributed by atoms with Crippen LogP contribution in [-0.4, -0.2) is 29.0 Å².